The molecule has 0 aliphatic rings. The summed E-state index contributed by atoms with van der Waals surface area (Å²) in [6, 6.07) is 12.2. The van der Waals surface area contributed by atoms with Gasteiger partial charge in [0, 0.05) is 12.1 Å². The van der Waals surface area contributed by atoms with Crippen LogP contribution in [0.2, 0.25) is 0 Å². The van der Waals surface area contributed by atoms with Gasteiger partial charge >= 0.3 is 0 Å². The van der Waals surface area contributed by atoms with E-state index in [1.807, 2.05) is 37.3 Å². The molecule has 1 aromatic heterocycles. The van der Waals surface area contributed by atoms with Gasteiger partial charge in [-0.05, 0) is 31.0 Å². The van der Waals surface area contributed by atoms with Crippen LogP contribution in [0.3, 0.4) is 0 Å². The van der Waals surface area contributed by atoms with Crippen LogP contribution in [0.15, 0.2) is 40.8 Å². The second kappa shape index (κ2) is 7.15. The predicted octanol–water partition coefficient (Wildman–Crippen LogP) is 3.91. The number of hydrogen-bond acceptors (Lipinski definition) is 3. The zero-order chi connectivity index (χ0) is 14.4. The van der Waals surface area contributed by atoms with Gasteiger partial charge in [-0.25, -0.2) is 0 Å². The highest BCUT2D eigenvalue weighted by atomic mass is 16.5. The lowest BCUT2D eigenvalue weighted by Gasteiger charge is -2.13. The van der Waals surface area contributed by atoms with Crippen molar-refractivity contribution < 1.29 is 9.15 Å². The van der Waals surface area contributed by atoms with Crippen molar-refractivity contribution in [2.24, 2.45) is 5.92 Å². The van der Waals surface area contributed by atoms with Crippen LogP contribution in [0.1, 0.15) is 30.9 Å². The Bertz CT molecular complexity index is 531. The van der Waals surface area contributed by atoms with E-state index < -0.39 is 0 Å². The molecule has 0 spiro atoms. The van der Waals surface area contributed by atoms with Crippen molar-refractivity contribution >= 4 is 0 Å². The largest absolute Gasteiger partial charge is 0.493 e. The standard InChI is InChI=1S/C17H23NO2/c1-13(2)12-19-17-7-5-4-6-15(17)10-18-11-16-9-8-14(3)20-16/h4-9,13,18H,10-12H2,1-3H3. The molecule has 0 bridgehead atoms. The molecule has 3 nitrogen and oxygen atoms in total. The molecule has 0 amide bonds. The molecule has 3 heteroatoms. The molecule has 0 saturated carbocycles. The topological polar surface area (TPSA) is 34.4 Å². The summed E-state index contributed by atoms with van der Waals surface area (Å²) >= 11 is 0. The fraction of sp³-hybridized carbons (Fsp3) is 0.412. The predicted molar refractivity (Wildman–Crippen MR) is 80.8 cm³/mol. The normalized spacial score (nSPS) is 11.0. The maximum Gasteiger partial charge on any atom is 0.123 e. The van der Waals surface area contributed by atoms with Crippen molar-refractivity contribution in [3.05, 3.63) is 53.5 Å². The molecule has 0 aliphatic heterocycles. The average molecular weight is 273 g/mol. The lowest BCUT2D eigenvalue weighted by Crippen LogP contribution is -2.14. The van der Waals surface area contributed by atoms with E-state index in [-0.39, 0.29) is 0 Å². The van der Waals surface area contributed by atoms with E-state index in [2.05, 4.69) is 25.2 Å². The van der Waals surface area contributed by atoms with E-state index in [0.29, 0.717) is 5.92 Å². The molecule has 0 saturated heterocycles. The summed E-state index contributed by atoms with van der Waals surface area (Å²) in [5.74, 6) is 3.40. The molecule has 0 atom stereocenters. The Balaban J connectivity index is 1.88. The second-order valence-corrected chi connectivity index (χ2v) is 5.43. The number of para-hydroxylation sites is 1. The van der Waals surface area contributed by atoms with Crippen LogP contribution in [0.5, 0.6) is 5.75 Å². The van der Waals surface area contributed by atoms with Crippen LogP contribution in [-0.2, 0) is 13.1 Å². The quantitative estimate of drug-likeness (QED) is 0.830. The number of rotatable bonds is 7. The van der Waals surface area contributed by atoms with Crippen LogP contribution >= 0.6 is 0 Å². The Kier molecular flexibility index (Phi) is 5.24. The molecule has 1 heterocycles. The average Bonchev–Trinajstić information content (AvgIpc) is 2.83. The monoisotopic (exact) mass is 273 g/mol. The number of benzene rings is 1. The Hall–Kier alpha value is -1.74. The molecule has 108 valence electrons. The van der Waals surface area contributed by atoms with Gasteiger partial charge in [0.25, 0.3) is 0 Å². The first-order chi connectivity index (χ1) is 9.65. The van der Waals surface area contributed by atoms with E-state index in [4.69, 9.17) is 9.15 Å². The van der Waals surface area contributed by atoms with Gasteiger partial charge in [0.1, 0.15) is 17.3 Å². The molecule has 2 aromatic rings. The molecule has 1 aromatic carbocycles. The number of nitrogens with one attached hydrogen (secondary N) is 1. The lowest BCUT2D eigenvalue weighted by molar-refractivity contribution is 0.268. The Morgan fingerprint density at radius 1 is 1.10 bits per heavy atom. The summed E-state index contributed by atoms with van der Waals surface area (Å²) in [6.45, 7) is 8.51. The fourth-order valence-electron chi connectivity index (χ4n) is 1.95. The van der Waals surface area contributed by atoms with Gasteiger partial charge in [-0.1, -0.05) is 32.0 Å². The first kappa shape index (κ1) is 14.7. The zero-order valence-electron chi connectivity index (χ0n) is 12.5. The number of ether oxygens (including phenoxy) is 1. The highest BCUT2D eigenvalue weighted by Crippen LogP contribution is 2.18. The van der Waals surface area contributed by atoms with Crippen molar-refractivity contribution in [2.45, 2.75) is 33.9 Å². The Morgan fingerprint density at radius 3 is 2.60 bits per heavy atom. The van der Waals surface area contributed by atoms with Gasteiger partial charge in [-0.3, -0.25) is 0 Å². The van der Waals surface area contributed by atoms with Gasteiger partial charge in [0.05, 0.1) is 13.2 Å². The van der Waals surface area contributed by atoms with Crippen molar-refractivity contribution in [1.29, 1.82) is 0 Å². The maximum atomic E-state index is 5.84. The Morgan fingerprint density at radius 2 is 1.90 bits per heavy atom. The molecule has 0 fully saturated rings. The van der Waals surface area contributed by atoms with Crippen LogP contribution < -0.4 is 10.1 Å². The minimum absolute atomic E-state index is 0.530. The van der Waals surface area contributed by atoms with Crippen molar-refractivity contribution in [3.63, 3.8) is 0 Å². The number of hydrogen-bond donors (Lipinski definition) is 1. The summed E-state index contributed by atoms with van der Waals surface area (Å²) in [7, 11) is 0. The van der Waals surface area contributed by atoms with E-state index in [9.17, 15) is 0 Å². The second-order valence-electron chi connectivity index (χ2n) is 5.43. The molecule has 1 N–H and O–H groups in total. The third-order valence-electron chi connectivity index (χ3n) is 2.96. The van der Waals surface area contributed by atoms with E-state index in [1.165, 1.54) is 5.56 Å². The minimum atomic E-state index is 0.530. The summed E-state index contributed by atoms with van der Waals surface area (Å²) in [5, 5.41) is 3.39. The van der Waals surface area contributed by atoms with Crippen LogP contribution in [-0.4, -0.2) is 6.61 Å². The van der Waals surface area contributed by atoms with Gasteiger partial charge in [-0.2, -0.15) is 0 Å². The van der Waals surface area contributed by atoms with Gasteiger partial charge in [0.2, 0.25) is 0 Å². The molecule has 0 unspecified atom stereocenters. The summed E-state index contributed by atoms with van der Waals surface area (Å²) in [5.41, 5.74) is 1.18. The molecular weight excluding hydrogens is 250 g/mol. The van der Waals surface area contributed by atoms with Crippen molar-refractivity contribution in [2.75, 3.05) is 6.61 Å². The van der Waals surface area contributed by atoms with Gasteiger partial charge in [-0.15, -0.1) is 0 Å². The molecular formula is C17H23NO2. The van der Waals surface area contributed by atoms with Crippen LogP contribution in [0.25, 0.3) is 0 Å². The number of aryl methyl sites for hydroxylation is 1. The first-order valence-corrected chi connectivity index (χ1v) is 7.12. The smallest absolute Gasteiger partial charge is 0.123 e. The fourth-order valence-corrected chi connectivity index (χ4v) is 1.95. The first-order valence-electron chi connectivity index (χ1n) is 7.12. The van der Waals surface area contributed by atoms with Gasteiger partial charge in [0.15, 0.2) is 0 Å². The third-order valence-corrected chi connectivity index (χ3v) is 2.96. The van der Waals surface area contributed by atoms with Crippen LogP contribution in [0.4, 0.5) is 0 Å². The molecule has 0 aliphatic carbocycles. The molecule has 20 heavy (non-hydrogen) atoms. The highest BCUT2D eigenvalue weighted by molar-refractivity contribution is 5.33. The number of furan rings is 1. The van der Waals surface area contributed by atoms with Crippen molar-refractivity contribution in [3.8, 4) is 5.75 Å². The van der Waals surface area contributed by atoms with E-state index >= 15 is 0 Å². The molecule has 0 radical (unpaired) electrons. The van der Waals surface area contributed by atoms with E-state index in [0.717, 1.165) is 37.0 Å². The lowest BCUT2D eigenvalue weighted by atomic mass is 10.2. The maximum absolute atomic E-state index is 5.84. The van der Waals surface area contributed by atoms with Crippen molar-refractivity contribution in [1.82, 2.24) is 5.32 Å². The Labute approximate surface area is 121 Å². The summed E-state index contributed by atoms with van der Waals surface area (Å²) < 4.78 is 11.4. The third kappa shape index (κ3) is 4.42. The summed E-state index contributed by atoms with van der Waals surface area (Å²) in [4.78, 5) is 0. The zero-order valence-corrected chi connectivity index (χ0v) is 12.5. The SMILES string of the molecule is Cc1ccc(CNCc2ccccc2OCC(C)C)o1. The highest BCUT2D eigenvalue weighted by Gasteiger charge is 2.04. The van der Waals surface area contributed by atoms with E-state index in [1.54, 1.807) is 0 Å². The summed E-state index contributed by atoms with van der Waals surface area (Å²) in [6.07, 6.45) is 0. The molecule has 2 rings (SSSR count). The minimum Gasteiger partial charge on any atom is -0.493 e. The van der Waals surface area contributed by atoms with Gasteiger partial charge < -0.3 is 14.5 Å². The van der Waals surface area contributed by atoms with Crippen LogP contribution in [0, 0.1) is 12.8 Å².